The Morgan fingerprint density at radius 3 is 2.75 bits per heavy atom. The standard InChI is InChI=1S/C23H35BrN2O5S/c1-4-7-11-25(10-5-2)21(29)19-23-14-15(24)18(32-23)16(22(30)31-6-3)17(23)20(28)26(19)12-8-9-13-27/h5,15-19,27H,2,4,6-14H2,1,3H3/t15?,16-,17-,18-,19?,23?/m0/s1. The number of aliphatic hydroxyl groups is 1. The SMILES string of the molecule is C=CCN(CCCC)C(=O)C1N(CCCCO)C(=O)[C@@H]2[C@H](C(=O)OCC)[C@H]3SC12CC3Br. The minimum absolute atomic E-state index is 0.0417. The second-order valence-corrected chi connectivity index (χ2v) is 11.5. The van der Waals surface area contributed by atoms with E-state index in [0.717, 1.165) is 12.8 Å². The van der Waals surface area contributed by atoms with Crippen LogP contribution in [-0.2, 0) is 19.1 Å². The van der Waals surface area contributed by atoms with Crippen molar-refractivity contribution in [1.82, 2.24) is 9.80 Å². The van der Waals surface area contributed by atoms with Gasteiger partial charge in [-0.15, -0.1) is 18.3 Å². The van der Waals surface area contributed by atoms with Gasteiger partial charge in [-0.1, -0.05) is 35.4 Å². The van der Waals surface area contributed by atoms with Crippen LogP contribution >= 0.6 is 27.7 Å². The second kappa shape index (κ2) is 10.9. The number of aliphatic hydroxyl groups excluding tert-OH is 1. The van der Waals surface area contributed by atoms with Crippen LogP contribution in [0.5, 0.6) is 0 Å². The van der Waals surface area contributed by atoms with Crippen molar-refractivity contribution < 1.29 is 24.2 Å². The minimum atomic E-state index is -0.644. The van der Waals surface area contributed by atoms with Crippen molar-refractivity contribution in [2.24, 2.45) is 11.8 Å². The van der Waals surface area contributed by atoms with E-state index in [-0.39, 0.29) is 41.1 Å². The van der Waals surface area contributed by atoms with Gasteiger partial charge in [0.25, 0.3) is 0 Å². The normalized spacial score (nSPS) is 32.8. The third-order valence-corrected chi connectivity index (χ3v) is 10.1. The fourth-order valence-corrected chi connectivity index (χ4v) is 9.12. The molecule has 3 fully saturated rings. The lowest BCUT2D eigenvalue weighted by atomic mass is 9.71. The zero-order valence-corrected chi connectivity index (χ0v) is 21.4. The fraction of sp³-hybridized carbons (Fsp3) is 0.783. The Morgan fingerprint density at radius 1 is 1.38 bits per heavy atom. The summed E-state index contributed by atoms with van der Waals surface area (Å²) in [5, 5.41) is 9.17. The average molecular weight is 532 g/mol. The van der Waals surface area contributed by atoms with Crippen LogP contribution < -0.4 is 0 Å². The number of hydrogen-bond acceptors (Lipinski definition) is 6. The average Bonchev–Trinajstić information content (AvgIpc) is 3.35. The topological polar surface area (TPSA) is 87.2 Å². The molecule has 3 aliphatic heterocycles. The van der Waals surface area contributed by atoms with E-state index >= 15 is 0 Å². The number of esters is 1. The van der Waals surface area contributed by atoms with Crippen molar-refractivity contribution >= 4 is 45.5 Å². The van der Waals surface area contributed by atoms with E-state index in [1.807, 2.05) is 0 Å². The van der Waals surface area contributed by atoms with Gasteiger partial charge < -0.3 is 19.6 Å². The molecule has 6 atom stereocenters. The van der Waals surface area contributed by atoms with Crippen molar-refractivity contribution in [3.8, 4) is 0 Å². The molecular weight excluding hydrogens is 496 g/mol. The van der Waals surface area contributed by atoms with E-state index in [4.69, 9.17) is 4.74 Å². The van der Waals surface area contributed by atoms with Gasteiger partial charge in [-0.2, -0.15) is 0 Å². The van der Waals surface area contributed by atoms with Crippen molar-refractivity contribution in [1.29, 1.82) is 0 Å². The monoisotopic (exact) mass is 530 g/mol. The molecule has 0 aromatic heterocycles. The summed E-state index contributed by atoms with van der Waals surface area (Å²) in [5.74, 6) is -1.62. The number of carbonyl (C=O) groups excluding carboxylic acids is 3. The highest BCUT2D eigenvalue weighted by Gasteiger charge is 2.76. The quantitative estimate of drug-likeness (QED) is 0.180. The summed E-state index contributed by atoms with van der Waals surface area (Å²) in [6.07, 6.45) is 5.40. The van der Waals surface area contributed by atoms with Gasteiger partial charge in [0.2, 0.25) is 11.8 Å². The lowest BCUT2D eigenvalue weighted by molar-refractivity contribution is -0.153. The third kappa shape index (κ3) is 4.37. The first-order chi connectivity index (χ1) is 15.4. The van der Waals surface area contributed by atoms with E-state index in [9.17, 15) is 19.5 Å². The van der Waals surface area contributed by atoms with Crippen molar-refractivity contribution in [2.75, 3.05) is 32.8 Å². The summed E-state index contributed by atoms with van der Waals surface area (Å²) in [6.45, 7) is 9.42. The summed E-state index contributed by atoms with van der Waals surface area (Å²) in [7, 11) is 0. The second-order valence-electron chi connectivity index (χ2n) is 8.80. The maximum Gasteiger partial charge on any atom is 0.310 e. The van der Waals surface area contributed by atoms with E-state index in [1.54, 1.807) is 34.6 Å². The van der Waals surface area contributed by atoms with Gasteiger partial charge in [0.15, 0.2) is 0 Å². The summed E-state index contributed by atoms with van der Waals surface area (Å²) in [6, 6.07) is -0.620. The van der Waals surface area contributed by atoms with Crippen LogP contribution in [-0.4, -0.2) is 86.4 Å². The molecular formula is C23H35BrN2O5S. The fourth-order valence-electron chi connectivity index (χ4n) is 5.52. The predicted molar refractivity (Wildman–Crippen MR) is 129 cm³/mol. The Morgan fingerprint density at radius 2 is 2.12 bits per heavy atom. The molecule has 3 aliphatic rings. The summed E-state index contributed by atoms with van der Waals surface area (Å²) >= 11 is 5.37. The maximum absolute atomic E-state index is 14.0. The van der Waals surface area contributed by atoms with Gasteiger partial charge in [0, 0.05) is 36.3 Å². The van der Waals surface area contributed by atoms with Crippen LogP contribution in [0.15, 0.2) is 12.7 Å². The molecule has 180 valence electrons. The molecule has 1 N–H and O–H groups in total. The molecule has 3 unspecified atom stereocenters. The Bertz CT molecular complexity index is 737. The van der Waals surface area contributed by atoms with E-state index < -0.39 is 22.6 Å². The van der Waals surface area contributed by atoms with Gasteiger partial charge in [0.1, 0.15) is 6.04 Å². The van der Waals surface area contributed by atoms with Gasteiger partial charge in [0.05, 0.1) is 23.2 Å². The first-order valence-corrected chi connectivity index (χ1v) is 13.5. The van der Waals surface area contributed by atoms with Gasteiger partial charge in [-0.05, 0) is 32.6 Å². The van der Waals surface area contributed by atoms with Gasteiger partial charge in [-0.3, -0.25) is 14.4 Å². The molecule has 0 saturated carbocycles. The van der Waals surface area contributed by atoms with Crippen LogP contribution in [0.4, 0.5) is 0 Å². The zero-order chi connectivity index (χ0) is 23.5. The van der Waals surface area contributed by atoms with E-state index in [0.29, 0.717) is 38.9 Å². The maximum atomic E-state index is 14.0. The Balaban J connectivity index is 2.00. The number of likely N-dealkylation sites (tertiary alicyclic amines) is 1. The molecule has 9 heteroatoms. The smallest absolute Gasteiger partial charge is 0.310 e. The predicted octanol–water partition coefficient (Wildman–Crippen LogP) is 2.60. The highest BCUT2D eigenvalue weighted by molar-refractivity contribution is 9.09. The number of hydrogen-bond donors (Lipinski definition) is 1. The van der Waals surface area contributed by atoms with Crippen LogP contribution in [0.3, 0.4) is 0 Å². The van der Waals surface area contributed by atoms with Gasteiger partial charge in [-0.25, -0.2) is 0 Å². The Kier molecular flexibility index (Phi) is 8.72. The summed E-state index contributed by atoms with van der Waals surface area (Å²) in [5.41, 5.74) is 0. The Hall–Kier alpha value is -1.06. The summed E-state index contributed by atoms with van der Waals surface area (Å²) < 4.78 is 4.72. The zero-order valence-electron chi connectivity index (χ0n) is 19.0. The van der Waals surface area contributed by atoms with Gasteiger partial charge >= 0.3 is 5.97 Å². The van der Waals surface area contributed by atoms with Crippen LogP contribution in [0, 0.1) is 11.8 Å². The number of thioether (sulfide) groups is 1. The number of unbranched alkanes of at least 4 members (excludes halogenated alkanes) is 2. The first-order valence-electron chi connectivity index (χ1n) is 11.7. The molecule has 0 radical (unpaired) electrons. The number of amides is 2. The molecule has 0 aromatic carbocycles. The molecule has 0 aromatic rings. The molecule has 7 nitrogen and oxygen atoms in total. The molecule has 3 saturated heterocycles. The van der Waals surface area contributed by atoms with E-state index in [1.165, 1.54) is 0 Å². The van der Waals surface area contributed by atoms with Crippen molar-refractivity contribution in [3.63, 3.8) is 0 Å². The molecule has 32 heavy (non-hydrogen) atoms. The lowest BCUT2D eigenvalue weighted by Crippen LogP contribution is -2.55. The number of carbonyl (C=O) groups is 3. The van der Waals surface area contributed by atoms with Crippen LogP contribution in [0.25, 0.3) is 0 Å². The lowest BCUT2D eigenvalue weighted by Gasteiger charge is -2.37. The summed E-state index contributed by atoms with van der Waals surface area (Å²) in [4.78, 5) is 44.2. The van der Waals surface area contributed by atoms with Crippen molar-refractivity contribution in [2.45, 2.75) is 66.8 Å². The highest BCUT2D eigenvalue weighted by Crippen LogP contribution is 2.68. The van der Waals surface area contributed by atoms with E-state index in [2.05, 4.69) is 29.4 Å². The molecule has 2 bridgehead atoms. The molecule has 1 spiro atoms. The number of alkyl halides is 1. The molecule has 0 aliphatic carbocycles. The number of nitrogens with zero attached hydrogens (tertiary/aromatic N) is 2. The number of ether oxygens (including phenoxy) is 1. The largest absolute Gasteiger partial charge is 0.466 e. The molecule has 3 rings (SSSR count). The molecule has 2 amide bonds. The Labute approximate surface area is 203 Å². The van der Waals surface area contributed by atoms with Crippen LogP contribution in [0.2, 0.25) is 0 Å². The van der Waals surface area contributed by atoms with Crippen LogP contribution in [0.1, 0.15) is 46.0 Å². The highest BCUT2D eigenvalue weighted by atomic mass is 79.9. The third-order valence-electron chi connectivity index (χ3n) is 6.83. The van der Waals surface area contributed by atoms with Crippen molar-refractivity contribution in [3.05, 3.63) is 12.7 Å². The minimum Gasteiger partial charge on any atom is -0.466 e. The first kappa shape index (κ1) is 25.6. The number of fused-ring (bicyclic) bond motifs is 1. The number of halogens is 1. The number of rotatable bonds is 12. The molecule has 3 heterocycles.